The van der Waals surface area contributed by atoms with Gasteiger partial charge >= 0.3 is 0 Å². The van der Waals surface area contributed by atoms with Gasteiger partial charge in [0, 0.05) is 25.7 Å². The largest absolute Gasteiger partial charge is 0.497 e. The third-order valence-corrected chi connectivity index (χ3v) is 5.02. The molecule has 1 aromatic carbocycles. The Morgan fingerprint density at radius 3 is 2.67 bits per heavy atom. The minimum Gasteiger partial charge on any atom is -0.497 e. The fourth-order valence-corrected chi connectivity index (χ4v) is 3.24. The van der Waals surface area contributed by atoms with Crippen molar-refractivity contribution in [3.8, 4) is 11.5 Å². The summed E-state index contributed by atoms with van der Waals surface area (Å²) in [6, 6.07) is 5.37. The lowest BCUT2D eigenvalue weighted by atomic mass is 9.96. The van der Waals surface area contributed by atoms with Crippen LogP contribution in [0.5, 0.6) is 11.5 Å². The number of nitrogens with zero attached hydrogens (tertiary/aromatic N) is 2. The first-order valence-electron chi connectivity index (χ1n) is 9.99. The molecule has 0 radical (unpaired) electrons. The van der Waals surface area contributed by atoms with Gasteiger partial charge < -0.3 is 24.6 Å². The van der Waals surface area contributed by atoms with Gasteiger partial charge in [-0.3, -0.25) is 4.79 Å². The molecule has 6 nitrogen and oxygen atoms in total. The van der Waals surface area contributed by atoms with Crippen molar-refractivity contribution in [2.24, 2.45) is 5.92 Å². The number of likely N-dealkylation sites (N-methyl/N-ethyl adjacent to an activating group) is 1. The van der Waals surface area contributed by atoms with Crippen molar-refractivity contribution >= 4 is 5.91 Å². The smallest absolute Gasteiger partial charge is 0.255 e. The quantitative estimate of drug-likeness (QED) is 0.679. The predicted octanol–water partition coefficient (Wildman–Crippen LogP) is 2.49. The average molecular weight is 378 g/mol. The van der Waals surface area contributed by atoms with E-state index in [2.05, 4.69) is 29.2 Å². The lowest BCUT2D eigenvalue weighted by Crippen LogP contribution is -2.41. The van der Waals surface area contributed by atoms with Crippen molar-refractivity contribution in [3.05, 3.63) is 23.8 Å². The van der Waals surface area contributed by atoms with E-state index in [4.69, 9.17) is 9.47 Å². The first-order valence-corrected chi connectivity index (χ1v) is 9.99. The first-order chi connectivity index (χ1) is 13.0. The molecule has 1 N–H and O–H groups in total. The number of carbonyl (C=O) groups excluding carboxylic acids is 1. The molecule has 1 heterocycles. The fraction of sp³-hybridized carbons (Fsp3) is 0.667. The van der Waals surface area contributed by atoms with E-state index in [-0.39, 0.29) is 5.91 Å². The van der Waals surface area contributed by atoms with Crippen molar-refractivity contribution in [3.63, 3.8) is 0 Å². The molecule has 0 aromatic heterocycles. The molecule has 6 heteroatoms. The normalized spacial score (nSPS) is 15.7. The SMILES string of the molecule is CCCOc1cc(OC)ccc1C(=O)NCC1CCN(CCN(C)C)CC1. The fourth-order valence-electron chi connectivity index (χ4n) is 3.24. The Balaban J connectivity index is 1.83. The molecule has 2 rings (SSSR count). The zero-order valence-corrected chi connectivity index (χ0v) is 17.3. The van der Waals surface area contributed by atoms with Crippen LogP contribution in [-0.4, -0.2) is 76.2 Å². The maximum Gasteiger partial charge on any atom is 0.255 e. The number of nitrogens with one attached hydrogen (secondary N) is 1. The molecule has 1 aliphatic heterocycles. The minimum absolute atomic E-state index is 0.0706. The highest BCUT2D eigenvalue weighted by Gasteiger charge is 2.21. The van der Waals surface area contributed by atoms with Gasteiger partial charge in [0.05, 0.1) is 19.3 Å². The summed E-state index contributed by atoms with van der Waals surface area (Å²) in [5.41, 5.74) is 0.577. The first kappa shape index (κ1) is 21.5. The Labute approximate surface area is 163 Å². The van der Waals surface area contributed by atoms with E-state index < -0.39 is 0 Å². The summed E-state index contributed by atoms with van der Waals surface area (Å²) in [7, 11) is 5.84. The highest BCUT2D eigenvalue weighted by atomic mass is 16.5. The third-order valence-electron chi connectivity index (χ3n) is 5.02. The van der Waals surface area contributed by atoms with Gasteiger partial charge in [0.25, 0.3) is 5.91 Å². The number of methoxy groups -OCH3 is 1. The Morgan fingerprint density at radius 2 is 2.04 bits per heavy atom. The molecule has 152 valence electrons. The molecule has 0 spiro atoms. The van der Waals surface area contributed by atoms with Gasteiger partial charge in [0.1, 0.15) is 11.5 Å². The van der Waals surface area contributed by atoms with Crippen LogP contribution in [0.2, 0.25) is 0 Å². The topological polar surface area (TPSA) is 54.0 Å². The van der Waals surface area contributed by atoms with E-state index in [1.54, 1.807) is 25.3 Å². The summed E-state index contributed by atoms with van der Waals surface area (Å²) in [4.78, 5) is 17.4. The maximum absolute atomic E-state index is 12.7. The lowest BCUT2D eigenvalue weighted by molar-refractivity contribution is 0.0931. The number of rotatable bonds is 10. The number of likely N-dealkylation sites (tertiary alicyclic amines) is 1. The number of hydrogen-bond donors (Lipinski definition) is 1. The van der Waals surface area contributed by atoms with E-state index in [1.807, 2.05) is 6.92 Å². The van der Waals surface area contributed by atoms with Crippen molar-refractivity contribution in [1.82, 2.24) is 15.1 Å². The van der Waals surface area contributed by atoms with E-state index in [1.165, 1.54) is 0 Å². The number of amides is 1. The van der Waals surface area contributed by atoms with Gasteiger partial charge in [0.2, 0.25) is 0 Å². The molecule has 0 atom stereocenters. The highest BCUT2D eigenvalue weighted by Crippen LogP contribution is 2.25. The van der Waals surface area contributed by atoms with Crippen molar-refractivity contribution < 1.29 is 14.3 Å². The summed E-state index contributed by atoms with van der Waals surface area (Å²) >= 11 is 0. The zero-order chi connectivity index (χ0) is 19.6. The summed E-state index contributed by atoms with van der Waals surface area (Å²) in [5.74, 6) is 1.76. The highest BCUT2D eigenvalue weighted by molar-refractivity contribution is 5.97. The third kappa shape index (κ3) is 7.03. The molecule has 0 unspecified atom stereocenters. The number of piperidine rings is 1. The average Bonchev–Trinajstić information content (AvgIpc) is 2.69. The van der Waals surface area contributed by atoms with E-state index in [0.717, 1.165) is 52.0 Å². The number of ether oxygens (including phenoxy) is 2. The van der Waals surface area contributed by atoms with E-state index >= 15 is 0 Å². The van der Waals surface area contributed by atoms with Crippen molar-refractivity contribution in [2.45, 2.75) is 26.2 Å². The minimum atomic E-state index is -0.0706. The van der Waals surface area contributed by atoms with Gasteiger partial charge in [-0.1, -0.05) is 6.92 Å². The van der Waals surface area contributed by atoms with Gasteiger partial charge in [-0.15, -0.1) is 0 Å². The van der Waals surface area contributed by atoms with Crippen LogP contribution < -0.4 is 14.8 Å². The maximum atomic E-state index is 12.7. The second-order valence-electron chi connectivity index (χ2n) is 7.51. The van der Waals surface area contributed by atoms with E-state index in [0.29, 0.717) is 29.6 Å². The number of benzene rings is 1. The number of hydrogen-bond acceptors (Lipinski definition) is 5. The van der Waals surface area contributed by atoms with Crippen LogP contribution in [-0.2, 0) is 0 Å². The summed E-state index contributed by atoms with van der Waals surface area (Å²) < 4.78 is 11.0. The van der Waals surface area contributed by atoms with Crippen LogP contribution in [0.1, 0.15) is 36.5 Å². The second kappa shape index (κ2) is 11.1. The molecule has 1 aromatic rings. The summed E-state index contributed by atoms with van der Waals surface area (Å²) in [6.45, 7) is 7.79. The molecule has 0 bridgehead atoms. The van der Waals surface area contributed by atoms with Crippen LogP contribution in [0.3, 0.4) is 0 Å². The molecule has 0 aliphatic carbocycles. The van der Waals surface area contributed by atoms with Crippen LogP contribution >= 0.6 is 0 Å². The Morgan fingerprint density at radius 1 is 1.30 bits per heavy atom. The van der Waals surface area contributed by atoms with Gasteiger partial charge in [-0.05, 0) is 64.5 Å². The molecular weight excluding hydrogens is 342 g/mol. The Hall–Kier alpha value is -1.79. The Bertz CT molecular complexity index is 584. The van der Waals surface area contributed by atoms with Gasteiger partial charge in [-0.2, -0.15) is 0 Å². The van der Waals surface area contributed by atoms with Crippen molar-refractivity contribution in [1.29, 1.82) is 0 Å². The number of carbonyl (C=O) groups is 1. The van der Waals surface area contributed by atoms with Crippen LogP contribution in [0, 0.1) is 5.92 Å². The molecule has 1 saturated heterocycles. The summed E-state index contributed by atoms with van der Waals surface area (Å²) in [5, 5.41) is 3.10. The monoisotopic (exact) mass is 377 g/mol. The van der Waals surface area contributed by atoms with Crippen LogP contribution in [0.4, 0.5) is 0 Å². The molecule has 1 aliphatic rings. The standard InChI is InChI=1S/C21H35N3O3/c1-5-14-27-20-15-18(26-4)6-7-19(20)21(25)22-16-17-8-10-24(11-9-17)13-12-23(2)3/h6-7,15,17H,5,8-14,16H2,1-4H3,(H,22,25). The molecule has 27 heavy (non-hydrogen) atoms. The zero-order valence-electron chi connectivity index (χ0n) is 17.3. The van der Waals surface area contributed by atoms with Crippen LogP contribution in [0.15, 0.2) is 18.2 Å². The summed E-state index contributed by atoms with van der Waals surface area (Å²) in [6.07, 6.45) is 3.16. The van der Waals surface area contributed by atoms with E-state index in [9.17, 15) is 4.79 Å². The van der Waals surface area contributed by atoms with Gasteiger partial charge in [0.15, 0.2) is 0 Å². The predicted molar refractivity (Wildman–Crippen MR) is 109 cm³/mol. The van der Waals surface area contributed by atoms with Crippen LogP contribution in [0.25, 0.3) is 0 Å². The Kier molecular flexibility index (Phi) is 8.88. The second-order valence-corrected chi connectivity index (χ2v) is 7.51. The molecule has 1 fully saturated rings. The lowest BCUT2D eigenvalue weighted by Gasteiger charge is -2.32. The molecule has 1 amide bonds. The van der Waals surface area contributed by atoms with Gasteiger partial charge in [-0.25, -0.2) is 0 Å². The molecule has 0 saturated carbocycles. The molecular formula is C21H35N3O3. The van der Waals surface area contributed by atoms with Crippen molar-refractivity contribution in [2.75, 3.05) is 60.5 Å².